The van der Waals surface area contributed by atoms with Gasteiger partial charge in [0.15, 0.2) is 23.2 Å². The highest BCUT2D eigenvalue weighted by Gasteiger charge is 2.44. The van der Waals surface area contributed by atoms with Crippen LogP contribution in [0.1, 0.15) is 11.8 Å². The molecule has 3 heterocycles. The summed E-state index contributed by atoms with van der Waals surface area (Å²) in [7, 11) is 0. The number of rotatable bonds is 5. The van der Waals surface area contributed by atoms with Crippen molar-refractivity contribution in [1.29, 1.82) is 0 Å². The van der Waals surface area contributed by atoms with Crippen molar-refractivity contribution in [3.63, 3.8) is 0 Å². The first-order chi connectivity index (χ1) is 13.5. The number of hydrogen-bond acceptors (Lipinski definition) is 8. The van der Waals surface area contributed by atoms with Crippen LogP contribution in [0.25, 0.3) is 11.2 Å². The zero-order valence-corrected chi connectivity index (χ0v) is 15.2. The van der Waals surface area contributed by atoms with Crippen molar-refractivity contribution in [2.24, 2.45) is 0 Å². The molecule has 2 aromatic heterocycles. The van der Waals surface area contributed by atoms with Crippen molar-refractivity contribution < 1.29 is 24.4 Å². The van der Waals surface area contributed by atoms with Crippen LogP contribution in [0.5, 0.6) is 0 Å². The molecule has 148 valence electrons. The molecule has 1 aromatic carbocycles. The van der Waals surface area contributed by atoms with Gasteiger partial charge in [-0.1, -0.05) is 12.1 Å². The Balaban J connectivity index is 1.65. The van der Waals surface area contributed by atoms with Crippen LogP contribution in [0.2, 0.25) is 5.28 Å². The predicted octanol–water partition coefficient (Wildman–Crippen LogP) is 0.842. The number of halogens is 2. The minimum absolute atomic E-state index is 0.0669. The van der Waals surface area contributed by atoms with Gasteiger partial charge in [0, 0.05) is 6.54 Å². The second kappa shape index (κ2) is 7.57. The van der Waals surface area contributed by atoms with Crippen molar-refractivity contribution in [2.75, 3.05) is 11.9 Å². The van der Waals surface area contributed by atoms with Crippen LogP contribution >= 0.6 is 11.6 Å². The van der Waals surface area contributed by atoms with E-state index in [4.69, 9.17) is 16.3 Å². The van der Waals surface area contributed by atoms with E-state index in [2.05, 4.69) is 20.3 Å². The SMILES string of the molecule is OC[C@H]1O[C@@H](n2cnc3c(NCc4cccc(F)c4)nc(Cl)nc32)[C@H](O)[C@@H]1O. The van der Waals surface area contributed by atoms with Gasteiger partial charge in [-0.05, 0) is 29.3 Å². The Bertz CT molecular complexity index is 1000. The van der Waals surface area contributed by atoms with Crippen LogP contribution < -0.4 is 5.32 Å². The number of aromatic nitrogens is 4. The van der Waals surface area contributed by atoms with Gasteiger partial charge < -0.3 is 25.4 Å². The molecular formula is C17H17ClFN5O4. The summed E-state index contributed by atoms with van der Waals surface area (Å²) in [6, 6.07) is 6.11. The molecule has 0 bridgehead atoms. The lowest BCUT2D eigenvalue weighted by atomic mass is 10.1. The fourth-order valence-electron chi connectivity index (χ4n) is 3.14. The largest absolute Gasteiger partial charge is 0.394 e. The normalized spacial score (nSPS) is 24.8. The molecule has 1 aliphatic heterocycles. The predicted molar refractivity (Wildman–Crippen MR) is 97.1 cm³/mol. The van der Waals surface area contributed by atoms with E-state index >= 15 is 0 Å². The molecule has 0 saturated carbocycles. The number of aliphatic hydroxyl groups excluding tert-OH is 3. The quantitative estimate of drug-likeness (QED) is 0.457. The molecule has 3 aromatic rings. The number of benzene rings is 1. The van der Waals surface area contributed by atoms with Gasteiger partial charge in [-0.15, -0.1) is 0 Å². The van der Waals surface area contributed by atoms with Gasteiger partial charge in [-0.3, -0.25) is 4.57 Å². The Morgan fingerprint density at radius 2 is 2.07 bits per heavy atom. The van der Waals surface area contributed by atoms with Crippen molar-refractivity contribution in [2.45, 2.75) is 31.1 Å². The summed E-state index contributed by atoms with van der Waals surface area (Å²) >= 11 is 6.03. The van der Waals surface area contributed by atoms with E-state index in [-0.39, 0.29) is 23.3 Å². The van der Waals surface area contributed by atoms with Crippen LogP contribution in [0.3, 0.4) is 0 Å². The molecule has 1 aliphatic rings. The molecule has 4 N–H and O–H groups in total. The van der Waals surface area contributed by atoms with Crippen LogP contribution in [0, 0.1) is 5.82 Å². The molecule has 0 spiro atoms. The molecule has 11 heteroatoms. The number of ether oxygens (including phenoxy) is 1. The number of fused-ring (bicyclic) bond motifs is 1. The Labute approximate surface area is 163 Å². The molecule has 0 unspecified atom stereocenters. The summed E-state index contributed by atoms with van der Waals surface area (Å²) in [5.41, 5.74) is 1.33. The average molecular weight is 410 g/mol. The van der Waals surface area contributed by atoms with Gasteiger partial charge >= 0.3 is 0 Å². The second-order valence-corrected chi connectivity index (χ2v) is 6.72. The van der Waals surface area contributed by atoms with Crippen LogP contribution in [-0.4, -0.2) is 59.8 Å². The number of imidazole rings is 1. The number of hydrogen-bond donors (Lipinski definition) is 4. The third kappa shape index (κ3) is 3.40. The maximum Gasteiger partial charge on any atom is 0.226 e. The highest BCUT2D eigenvalue weighted by Crippen LogP contribution is 2.32. The minimum atomic E-state index is -1.29. The number of aliphatic hydroxyl groups is 3. The molecular weight excluding hydrogens is 393 g/mol. The molecule has 28 heavy (non-hydrogen) atoms. The smallest absolute Gasteiger partial charge is 0.226 e. The molecule has 0 amide bonds. The van der Waals surface area contributed by atoms with Gasteiger partial charge in [0.25, 0.3) is 0 Å². The summed E-state index contributed by atoms with van der Waals surface area (Å²) in [6.07, 6.45) is -3.09. The van der Waals surface area contributed by atoms with E-state index in [0.717, 1.165) is 0 Å². The molecule has 0 radical (unpaired) electrons. The topological polar surface area (TPSA) is 126 Å². The third-order valence-corrected chi connectivity index (χ3v) is 4.70. The molecule has 0 aliphatic carbocycles. The fourth-order valence-corrected chi connectivity index (χ4v) is 3.31. The van der Waals surface area contributed by atoms with E-state index < -0.39 is 31.1 Å². The van der Waals surface area contributed by atoms with E-state index in [1.54, 1.807) is 12.1 Å². The first-order valence-corrected chi connectivity index (χ1v) is 8.86. The fraction of sp³-hybridized carbons (Fsp3) is 0.353. The standard InChI is InChI=1S/C17H17ClFN5O4/c18-17-22-14(20-5-8-2-1-3-9(19)4-8)11-15(23-17)24(7-21-11)16-13(27)12(26)10(6-25)28-16/h1-4,7,10,12-13,16,25-27H,5-6H2,(H,20,22,23)/t10-,12-,13-,16-/m1/s1. The van der Waals surface area contributed by atoms with E-state index in [1.807, 2.05) is 0 Å². The Kier molecular flexibility index (Phi) is 5.13. The number of nitrogens with one attached hydrogen (secondary N) is 1. The third-order valence-electron chi connectivity index (χ3n) is 4.53. The van der Waals surface area contributed by atoms with Gasteiger partial charge in [0.05, 0.1) is 12.9 Å². The van der Waals surface area contributed by atoms with Crippen LogP contribution in [-0.2, 0) is 11.3 Å². The zero-order valence-electron chi connectivity index (χ0n) is 14.4. The summed E-state index contributed by atoms with van der Waals surface area (Å²) in [4.78, 5) is 12.5. The van der Waals surface area contributed by atoms with Gasteiger partial charge in [-0.2, -0.15) is 9.97 Å². The maximum atomic E-state index is 13.3. The molecule has 4 atom stereocenters. The monoisotopic (exact) mass is 409 g/mol. The van der Waals surface area contributed by atoms with Gasteiger partial charge in [0.2, 0.25) is 5.28 Å². The molecule has 1 saturated heterocycles. The van der Waals surface area contributed by atoms with Gasteiger partial charge in [-0.25, -0.2) is 9.37 Å². The lowest BCUT2D eigenvalue weighted by Crippen LogP contribution is -2.33. The van der Waals surface area contributed by atoms with E-state index in [9.17, 15) is 19.7 Å². The Morgan fingerprint density at radius 1 is 1.25 bits per heavy atom. The van der Waals surface area contributed by atoms with Crippen molar-refractivity contribution in [3.05, 3.63) is 47.3 Å². The summed E-state index contributed by atoms with van der Waals surface area (Å²) in [5.74, 6) is -0.0245. The molecule has 1 fully saturated rings. The van der Waals surface area contributed by atoms with Crippen LogP contribution in [0.4, 0.5) is 10.2 Å². The highest BCUT2D eigenvalue weighted by molar-refractivity contribution is 6.28. The van der Waals surface area contributed by atoms with Crippen molar-refractivity contribution >= 4 is 28.6 Å². The lowest BCUT2D eigenvalue weighted by molar-refractivity contribution is -0.0511. The summed E-state index contributed by atoms with van der Waals surface area (Å²) < 4.78 is 20.3. The van der Waals surface area contributed by atoms with E-state index in [1.165, 1.54) is 23.0 Å². The lowest BCUT2D eigenvalue weighted by Gasteiger charge is -2.16. The van der Waals surface area contributed by atoms with Crippen molar-refractivity contribution in [1.82, 2.24) is 19.5 Å². The summed E-state index contributed by atoms with van der Waals surface area (Å²) in [5, 5.41) is 32.5. The number of nitrogens with zero attached hydrogens (tertiary/aromatic N) is 4. The Hall–Kier alpha value is -2.37. The molecule has 4 rings (SSSR count). The zero-order chi connectivity index (χ0) is 19.8. The maximum absolute atomic E-state index is 13.3. The minimum Gasteiger partial charge on any atom is -0.394 e. The number of anilines is 1. The van der Waals surface area contributed by atoms with Crippen LogP contribution in [0.15, 0.2) is 30.6 Å². The molecule has 9 nitrogen and oxygen atoms in total. The highest BCUT2D eigenvalue weighted by atomic mass is 35.5. The van der Waals surface area contributed by atoms with Gasteiger partial charge in [0.1, 0.15) is 24.1 Å². The second-order valence-electron chi connectivity index (χ2n) is 6.38. The van der Waals surface area contributed by atoms with E-state index in [0.29, 0.717) is 16.9 Å². The first kappa shape index (κ1) is 19.0. The first-order valence-electron chi connectivity index (χ1n) is 8.48. The Morgan fingerprint density at radius 3 is 2.79 bits per heavy atom. The average Bonchev–Trinajstić information content (AvgIpc) is 3.21. The summed E-state index contributed by atoms with van der Waals surface area (Å²) in [6.45, 7) is -0.168. The van der Waals surface area contributed by atoms with Crippen molar-refractivity contribution in [3.8, 4) is 0 Å².